The van der Waals surface area contributed by atoms with Gasteiger partial charge in [-0.15, -0.1) is 0 Å². The van der Waals surface area contributed by atoms with E-state index in [1.807, 2.05) is 20.8 Å². The second kappa shape index (κ2) is 13.6. The summed E-state index contributed by atoms with van der Waals surface area (Å²) in [4.78, 5) is 36.5. The number of esters is 3. The summed E-state index contributed by atoms with van der Waals surface area (Å²) in [7, 11) is 0. The number of aliphatic hydroxyl groups is 3. The van der Waals surface area contributed by atoms with E-state index in [-0.39, 0.29) is 19.3 Å². The number of unbranched alkanes of at least 4 members (excludes halogenated alkanes) is 3. The fourth-order valence-corrected chi connectivity index (χ4v) is 3.17. The number of hydrogen-bond donors (Lipinski definition) is 3. The van der Waals surface area contributed by atoms with Gasteiger partial charge in [0.05, 0.1) is 0 Å². The van der Waals surface area contributed by atoms with Gasteiger partial charge in [-0.3, -0.25) is 14.4 Å². The van der Waals surface area contributed by atoms with Gasteiger partial charge in [-0.1, -0.05) is 40.0 Å². The highest BCUT2D eigenvalue weighted by atomic mass is 16.6. The van der Waals surface area contributed by atoms with Gasteiger partial charge in [-0.2, -0.15) is 0 Å². The molecule has 0 aromatic carbocycles. The Morgan fingerprint density at radius 2 is 0.867 bits per heavy atom. The molecule has 0 radical (unpaired) electrons. The largest absolute Gasteiger partial charge is 0.455 e. The van der Waals surface area contributed by atoms with Crippen LogP contribution in [0.3, 0.4) is 0 Å². The predicted octanol–water partition coefficient (Wildman–Crippen LogP) is 1.39. The summed E-state index contributed by atoms with van der Waals surface area (Å²) in [5.41, 5.74) is 0. The van der Waals surface area contributed by atoms with Crippen molar-refractivity contribution >= 4 is 17.9 Å². The van der Waals surface area contributed by atoms with Crippen LogP contribution in [0.15, 0.2) is 0 Å². The zero-order valence-corrected chi connectivity index (χ0v) is 18.1. The average Bonchev–Trinajstić information content (AvgIpc) is 2.73. The van der Waals surface area contributed by atoms with Gasteiger partial charge in [0, 0.05) is 19.3 Å². The quantitative estimate of drug-likeness (QED) is 0.308. The first kappa shape index (κ1) is 26.3. The highest BCUT2D eigenvalue weighted by Crippen LogP contribution is 2.30. The number of carbonyl (C=O) groups is 3. The molecule has 0 aromatic rings. The molecule has 3 N–H and O–H groups in total. The highest BCUT2D eigenvalue weighted by Gasteiger charge is 2.55. The molecular formula is C21H36O9. The first-order chi connectivity index (χ1) is 14.3. The Morgan fingerprint density at radius 3 is 1.17 bits per heavy atom. The average molecular weight is 433 g/mol. The molecule has 0 saturated heterocycles. The molecule has 0 amide bonds. The van der Waals surface area contributed by atoms with Gasteiger partial charge >= 0.3 is 17.9 Å². The van der Waals surface area contributed by atoms with E-state index >= 15 is 0 Å². The Morgan fingerprint density at radius 1 is 0.567 bits per heavy atom. The van der Waals surface area contributed by atoms with Crippen molar-refractivity contribution in [3.05, 3.63) is 0 Å². The third-order valence-electron chi connectivity index (χ3n) is 5.03. The summed E-state index contributed by atoms with van der Waals surface area (Å²) in [5, 5.41) is 31.1. The molecule has 1 saturated carbocycles. The van der Waals surface area contributed by atoms with Crippen LogP contribution in [0.4, 0.5) is 0 Å². The van der Waals surface area contributed by atoms with Gasteiger partial charge in [0.25, 0.3) is 0 Å². The van der Waals surface area contributed by atoms with Crippen LogP contribution in [0, 0.1) is 0 Å². The molecule has 0 heterocycles. The highest BCUT2D eigenvalue weighted by molar-refractivity contribution is 5.71. The molecule has 30 heavy (non-hydrogen) atoms. The van der Waals surface area contributed by atoms with Crippen molar-refractivity contribution in [1.82, 2.24) is 0 Å². The molecule has 174 valence electrons. The number of ether oxygens (including phenoxy) is 3. The Hall–Kier alpha value is -1.71. The second-order valence-electron chi connectivity index (χ2n) is 7.65. The van der Waals surface area contributed by atoms with Crippen molar-refractivity contribution in [2.45, 2.75) is 115 Å². The number of aliphatic hydroxyl groups excluding tert-OH is 3. The normalized spacial score (nSPS) is 28.6. The lowest BCUT2D eigenvalue weighted by Gasteiger charge is -2.44. The minimum atomic E-state index is -1.75. The van der Waals surface area contributed by atoms with Gasteiger partial charge in [-0.25, -0.2) is 0 Å². The molecule has 9 nitrogen and oxygen atoms in total. The van der Waals surface area contributed by atoms with Crippen molar-refractivity contribution in [1.29, 1.82) is 0 Å². The van der Waals surface area contributed by atoms with Crippen molar-refractivity contribution in [3.8, 4) is 0 Å². The number of hydrogen-bond acceptors (Lipinski definition) is 9. The Kier molecular flexibility index (Phi) is 11.9. The summed E-state index contributed by atoms with van der Waals surface area (Å²) in [6, 6.07) is 0. The molecule has 0 bridgehead atoms. The summed E-state index contributed by atoms with van der Waals surface area (Å²) in [6.45, 7) is 5.69. The summed E-state index contributed by atoms with van der Waals surface area (Å²) in [6.07, 6.45) is -5.39. The molecule has 9 heteroatoms. The van der Waals surface area contributed by atoms with Crippen LogP contribution in [0.5, 0.6) is 0 Å². The number of carbonyl (C=O) groups excluding carboxylic acids is 3. The van der Waals surface area contributed by atoms with Crippen molar-refractivity contribution in [2.24, 2.45) is 0 Å². The van der Waals surface area contributed by atoms with Crippen molar-refractivity contribution < 1.29 is 43.9 Å². The van der Waals surface area contributed by atoms with Crippen LogP contribution in [0.1, 0.15) is 78.6 Å². The van der Waals surface area contributed by atoms with Gasteiger partial charge in [0.2, 0.25) is 0 Å². The molecule has 1 aliphatic rings. The Labute approximate surface area is 177 Å². The lowest BCUT2D eigenvalue weighted by atomic mass is 9.84. The fourth-order valence-electron chi connectivity index (χ4n) is 3.17. The zero-order valence-electron chi connectivity index (χ0n) is 18.1. The van der Waals surface area contributed by atoms with Crippen LogP contribution >= 0.6 is 0 Å². The maximum Gasteiger partial charge on any atom is 0.306 e. The van der Waals surface area contributed by atoms with Crippen molar-refractivity contribution in [3.63, 3.8) is 0 Å². The fraction of sp³-hybridized carbons (Fsp3) is 0.857. The molecule has 6 atom stereocenters. The zero-order chi connectivity index (χ0) is 22.7. The molecule has 1 fully saturated rings. The molecule has 0 aromatic heterocycles. The maximum atomic E-state index is 12.2. The van der Waals surface area contributed by atoms with Gasteiger partial charge in [0.15, 0.2) is 18.3 Å². The number of rotatable bonds is 12. The molecule has 0 spiro atoms. The first-order valence-corrected chi connectivity index (χ1v) is 10.9. The molecule has 0 aliphatic heterocycles. The van der Waals surface area contributed by atoms with E-state index in [4.69, 9.17) is 14.2 Å². The minimum Gasteiger partial charge on any atom is -0.455 e. The van der Waals surface area contributed by atoms with Gasteiger partial charge in [0.1, 0.15) is 18.3 Å². The van der Waals surface area contributed by atoms with Crippen LogP contribution in [0.25, 0.3) is 0 Å². The second-order valence-corrected chi connectivity index (χ2v) is 7.65. The van der Waals surface area contributed by atoms with Crippen LogP contribution in [0.2, 0.25) is 0 Å². The monoisotopic (exact) mass is 432 g/mol. The van der Waals surface area contributed by atoms with Crippen LogP contribution in [-0.4, -0.2) is 69.9 Å². The standard InChI is InChI=1S/C21H36O9/c1-4-7-10-13(22)28-19-17(26)16(25)18(27)20(29-14(23)11-8-5-2)21(19)30-15(24)12-9-6-3/h16-21,25-27H,4-12H2,1-3H3/t16-,17-,18-,19+,20-,21-/m1/s1. The molecule has 1 rings (SSSR count). The van der Waals surface area contributed by atoms with E-state index in [9.17, 15) is 29.7 Å². The molecule has 1 aliphatic carbocycles. The van der Waals surface area contributed by atoms with E-state index in [0.717, 1.165) is 19.3 Å². The summed E-state index contributed by atoms with van der Waals surface area (Å²) >= 11 is 0. The Balaban J connectivity index is 3.09. The third-order valence-corrected chi connectivity index (χ3v) is 5.03. The van der Waals surface area contributed by atoms with Crippen LogP contribution < -0.4 is 0 Å². The minimum absolute atomic E-state index is 0.0781. The SMILES string of the molecule is CCCCC(=O)O[C@H]1[C@H](OC(=O)CCCC)[C@H](O)[C@H](O)[C@@H](O)[C@@H]1OC(=O)CCCC. The van der Waals surface area contributed by atoms with E-state index in [2.05, 4.69) is 0 Å². The summed E-state index contributed by atoms with van der Waals surface area (Å²) < 4.78 is 16.0. The maximum absolute atomic E-state index is 12.2. The summed E-state index contributed by atoms with van der Waals surface area (Å²) in [5.74, 6) is -1.92. The van der Waals surface area contributed by atoms with E-state index in [1.165, 1.54) is 0 Å². The lowest BCUT2D eigenvalue weighted by molar-refractivity contribution is -0.248. The Bertz CT molecular complexity index is 515. The third kappa shape index (κ3) is 7.85. The van der Waals surface area contributed by atoms with E-state index < -0.39 is 54.5 Å². The van der Waals surface area contributed by atoms with Crippen molar-refractivity contribution in [2.75, 3.05) is 0 Å². The molecule has 0 unspecified atom stereocenters. The predicted molar refractivity (Wildman–Crippen MR) is 106 cm³/mol. The topological polar surface area (TPSA) is 140 Å². The first-order valence-electron chi connectivity index (χ1n) is 10.9. The smallest absolute Gasteiger partial charge is 0.306 e. The van der Waals surface area contributed by atoms with Gasteiger partial charge in [-0.05, 0) is 19.3 Å². The van der Waals surface area contributed by atoms with Gasteiger partial charge < -0.3 is 29.5 Å². The lowest BCUT2D eigenvalue weighted by Crippen LogP contribution is -2.66. The molecular weight excluding hydrogens is 396 g/mol. The van der Waals surface area contributed by atoms with E-state index in [0.29, 0.717) is 19.3 Å². The van der Waals surface area contributed by atoms with E-state index in [1.54, 1.807) is 0 Å². The van der Waals surface area contributed by atoms with Crippen LogP contribution in [-0.2, 0) is 28.6 Å².